The van der Waals surface area contributed by atoms with Crippen molar-refractivity contribution >= 4 is 28.8 Å². The van der Waals surface area contributed by atoms with Crippen molar-refractivity contribution in [1.82, 2.24) is 0 Å². The second-order valence-corrected chi connectivity index (χ2v) is 4.53. The number of carbonyl (C=O) groups is 1. The van der Waals surface area contributed by atoms with E-state index < -0.39 is 28.9 Å². The second-order valence-electron chi connectivity index (χ2n) is 4.09. The smallest absolute Gasteiger partial charge is 0.258 e. The molecule has 108 valence electrons. The molecule has 0 unspecified atom stereocenters. The van der Waals surface area contributed by atoms with Crippen LogP contribution in [0.3, 0.4) is 0 Å². The van der Waals surface area contributed by atoms with E-state index >= 15 is 0 Å². The zero-order valence-corrected chi connectivity index (χ0v) is 11.3. The van der Waals surface area contributed by atoms with E-state index in [0.29, 0.717) is 11.6 Å². The van der Waals surface area contributed by atoms with Gasteiger partial charge in [-0.2, -0.15) is 0 Å². The number of amides is 1. The zero-order chi connectivity index (χ0) is 15.6. The molecule has 0 aliphatic rings. The lowest BCUT2D eigenvalue weighted by Gasteiger charge is -2.10. The van der Waals surface area contributed by atoms with Crippen LogP contribution < -0.4 is 11.1 Å². The predicted octanol–water partition coefficient (Wildman–Crippen LogP) is 2.99. The van der Waals surface area contributed by atoms with Gasteiger partial charge in [-0.25, -0.2) is 13.2 Å². The number of para-hydroxylation sites is 1. The fourth-order valence-corrected chi connectivity index (χ4v) is 1.88. The lowest BCUT2D eigenvalue weighted by molar-refractivity contribution is 0.102. The van der Waals surface area contributed by atoms with Crippen molar-refractivity contribution in [3.05, 3.63) is 65.0 Å². The number of nitrogens with two attached hydrogens (primary N) is 1. The summed E-state index contributed by atoms with van der Waals surface area (Å²) >= 11 is 4.83. The summed E-state index contributed by atoms with van der Waals surface area (Å²) in [5.74, 6) is -5.56. The predicted molar refractivity (Wildman–Crippen MR) is 76.6 cm³/mol. The van der Waals surface area contributed by atoms with E-state index in [9.17, 15) is 18.0 Å². The van der Waals surface area contributed by atoms with Gasteiger partial charge < -0.3 is 11.1 Å². The van der Waals surface area contributed by atoms with Crippen molar-refractivity contribution in [2.24, 2.45) is 5.73 Å². The van der Waals surface area contributed by atoms with Gasteiger partial charge in [-0.05, 0) is 24.3 Å². The number of anilines is 1. The van der Waals surface area contributed by atoms with Gasteiger partial charge >= 0.3 is 0 Å². The first-order valence-corrected chi connectivity index (χ1v) is 6.16. The highest BCUT2D eigenvalue weighted by atomic mass is 32.1. The maximum atomic E-state index is 13.5. The van der Waals surface area contributed by atoms with Crippen molar-refractivity contribution in [1.29, 1.82) is 0 Å². The van der Waals surface area contributed by atoms with Gasteiger partial charge in [0.05, 0.1) is 11.3 Å². The van der Waals surface area contributed by atoms with Gasteiger partial charge in [0.15, 0.2) is 17.5 Å². The molecule has 1 amide bonds. The summed E-state index contributed by atoms with van der Waals surface area (Å²) in [6, 6.07) is 7.87. The van der Waals surface area contributed by atoms with E-state index in [1.54, 1.807) is 18.2 Å². The van der Waals surface area contributed by atoms with Crippen LogP contribution in [0.15, 0.2) is 36.4 Å². The van der Waals surface area contributed by atoms with Crippen LogP contribution >= 0.6 is 12.2 Å². The molecule has 7 heteroatoms. The largest absolute Gasteiger partial charge is 0.389 e. The SMILES string of the molecule is NC(=S)c1ccccc1NC(=O)c1ccc(F)c(F)c1F. The Morgan fingerprint density at radius 1 is 1.00 bits per heavy atom. The van der Waals surface area contributed by atoms with Crippen LogP contribution in [-0.4, -0.2) is 10.9 Å². The third-order valence-corrected chi connectivity index (χ3v) is 2.94. The summed E-state index contributed by atoms with van der Waals surface area (Å²) < 4.78 is 39.5. The van der Waals surface area contributed by atoms with Crippen molar-refractivity contribution in [3.8, 4) is 0 Å². The third-order valence-electron chi connectivity index (χ3n) is 2.72. The van der Waals surface area contributed by atoms with Gasteiger partial charge in [0, 0.05) is 5.56 Å². The number of nitrogens with one attached hydrogen (secondary N) is 1. The minimum absolute atomic E-state index is 0.0386. The summed E-state index contributed by atoms with van der Waals surface area (Å²) in [6.45, 7) is 0. The van der Waals surface area contributed by atoms with Crippen molar-refractivity contribution in [3.63, 3.8) is 0 Å². The molecule has 0 atom stereocenters. The molecule has 0 aromatic heterocycles. The molecule has 3 nitrogen and oxygen atoms in total. The molecule has 0 aliphatic carbocycles. The fraction of sp³-hybridized carbons (Fsp3) is 0. The van der Waals surface area contributed by atoms with Crippen LogP contribution in [0.2, 0.25) is 0 Å². The summed E-state index contributed by atoms with van der Waals surface area (Å²) in [7, 11) is 0. The summed E-state index contributed by atoms with van der Waals surface area (Å²) in [6.07, 6.45) is 0. The topological polar surface area (TPSA) is 55.1 Å². The van der Waals surface area contributed by atoms with Crippen LogP contribution in [0.1, 0.15) is 15.9 Å². The summed E-state index contributed by atoms with van der Waals surface area (Å²) in [5, 5.41) is 2.36. The summed E-state index contributed by atoms with van der Waals surface area (Å²) in [4.78, 5) is 12.0. The molecule has 0 fully saturated rings. The molecule has 21 heavy (non-hydrogen) atoms. The molecule has 2 rings (SSSR count). The average Bonchev–Trinajstić information content (AvgIpc) is 2.45. The molecular formula is C14H9F3N2OS. The first-order chi connectivity index (χ1) is 9.91. The Hall–Kier alpha value is -2.41. The van der Waals surface area contributed by atoms with Gasteiger partial charge in [-0.3, -0.25) is 4.79 Å². The highest BCUT2D eigenvalue weighted by Crippen LogP contribution is 2.19. The molecule has 2 aromatic carbocycles. The fourth-order valence-electron chi connectivity index (χ4n) is 1.70. The van der Waals surface area contributed by atoms with Crippen LogP contribution in [0, 0.1) is 17.5 Å². The first kappa shape index (κ1) is 15.0. The van der Waals surface area contributed by atoms with Gasteiger partial charge in [-0.1, -0.05) is 24.4 Å². The Labute approximate surface area is 123 Å². The standard InChI is InChI=1S/C14H9F3N2OS/c15-9-6-5-8(11(16)12(9)17)14(20)19-10-4-2-1-3-7(10)13(18)21/h1-6H,(H2,18,21)(H,19,20). The van der Waals surface area contributed by atoms with Crippen molar-refractivity contribution in [2.75, 3.05) is 5.32 Å². The monoisotopic (exact) mass is 310 g/mol. The lowest BCUT2D eigenvalue weighted by atomic mass is 10.1. The normalized spacial score (nSPS) is 10.2. The van der Waals surface area contributed by atoms with Crippen LogP contribution in [0.25, 0.3) is 0 Å². The molecular weight excluding hydrogens is 301 g/mol. The van der Waals surface area contributed by atoms with Gasteiger partial charge in [0.1, 0.15) is 4.99 Å². The average molecular weight is 310 g/mol. The summed E-state index contributed by atoms with van der Waals surface area (Å²) in [5.41, 5.74) is 5.51. The number of benzene rings is 2. The molecule has 0 saturated heterocycles. The molecule has 0 radical (unpaired) electrons. The molecule has 0 spiro atoms. The molecule has 0 heterocycles. The van der Waals surface area contributed by atoms with E-state index in [-0.39, 0.29) is 10.7 Å². The number of halogens is 3. The van der Waals surface area contributed by atoms with E-state index in [1.165, 1.54) is 6.07 Å². The quantitative estimate of drug-likeness (QED) is 0.677. The van der Waals surface area contributed by atoms with E-state index in [4.69, 9.17) is 18.0 Å². The first-order valence-electron chi connectivity index (χ1n) is 5.75. The molecule has 2 aromatic rings. The van der Waals surface area contributed by atoms with E-state index in [1.807, 2.05) is 0 Å². The maximum absolute atomic E-state index is 13.5. The lowest BCUT2D eigenvalue weighted by Crippen LogP contribution is -2.19. The number of carbonyl (C=O) groups excluding carboxylic acids is 1. The third kappa shape index (κ3) is 3.03. The van der Waals surface area contributed by atoms with Gasteiger partial charge in [0.25, 0.3) is 5.91 Å². The minimum Gasteiger partial charge on any atom is -0.389 e. The molecule has 3 N–H and O–H groups in total. The van der Waals surface area contributed by atoms with Gasteiger partial charge in [-0.15, -0.1) is 0 Å². The van der Waals surface area contributed by atoms with Gasteiger partial charge in [0.2, 0.25) is 0 Å². The van der Waals surface area contributed by atoms with Crippen LogP contribution in [-0.2, 0) is 0 Å². The highest BCUT2D eigenvalue weighted by Gasteiger charge is 2.19. The Bertz CT molecular complexity index is 734. The Kier molecular flexibility index (Phi) is 4.23. The molecule has 0 bridgehead atoms. The van der Waals surface area contributed by atoms with Crippen LogP contribution in [0.4, 0.5) is 18.9 Å². The number of thiocarbonyl (C=S) groups is 1. The number of hydrogen-bond donors (Lipinski definition) is 2. The number of hydrogen-bond acceptors (Lipinski definition) is 2. The Morgan fingerprint density at radius 3 is 2.33 bits per heavy atom. The van der Waals surface area contributed by atoms with Crippen molar-refractivity contribution < 1.29 is 18.0 Å². The Balaban J connectivity index is 2.36. The highest BCUT2D eigenvalue weighted by molar-refractivity contribution is 7.80. The molecule has 0 aliphatic heterocycles. The zero-order valence-electron chi connectivity index (χ0n) is 10.5. The van der Waals surface area contributed by atoms with E-state index in [2.05, 4.69) is 5.32 Å². The second kappa shape index (κ2) is 5.92. The van der Waals surface area contributed by atoms with E-state index in [0.717, 1.165) is 6.07 Å². The minimum atomic E-state index is -1.70. The van der Waals surface area contributed by atoms with Crippen LogP contribution in [0.5, 0.6) is 0 Å². The maximum Gasteiger partial charge on any atom is 0.258 e. The Morgan fingerprint density at radius 2 is 1.67 bits per heavy atom. The van der Waals surface area contributed by atoms with Crippen molar-refractivity contribution in [2.45, 2.75) is 0 Å². The molecule has 0 saturated carbocycles. The number of rotatable bonds is 3.